The van der Waals surface area contributed by atoms with Crippen LogP contribution in [0.5, 0.6) is 17.2 Å². The summed E-state index contributed by atoms with van der Waals surface area (Å²) in [5.41, 5.74) is 24.8. The molecule has 0 bridgehead atoms. The predicted molar refractivity (Wildman–Crippen MR) is 344 cm³/mol. The number of nitrogens with two attached hydrogens (primary N) is 4. The molecular weight excluding hydrogens is 1240 g/mol. The molecular formula is C64H86N14O17. The zero-order valence-corrected chi connectivity index (χ0v) is 52.5. The quantitative estimate of drug-likeness (QED) is 0.0173. The summed E-state index contributed by atoms with van der Waals surface area (Å²) in [6.07, 6.45) is -0.0626. The second-order valence-corrected chi connectivity index (χ2v) is 22.9. The first-order valence-corrected chi connectivity index (χ1v) is 30.8. The van der Waals surface area contributed by atoms with Crippen LogP contribution in [0.1, 0.15) is 81.0 Å². The molecule has 0 saturated carbocycles. The van der Waals surface area contributed by atoms with Crippen LogP contribution in [0.25, 0.3) is 10.9 Å². The molecule has 0 spiro atoms. The topological polar surface area (TPSA) is 537 Å². The number of primary amides is 1. The number of benzene rings is 4. The SMILES string of the molecule is C[C@H](NC(=O)[C@H](Cc1c[nH]c2ccccc12)NC(=O)[C@H](Cc1ccc(O)cc1)NC(=O)[C@@H](NC(=O)[C@H](CC(N)=O)NC(=O)[C@@H](N)CCCCN)[C@@H](C)O)C(=O)N[C@@H](Cc1ccc(O)cc1)C(=O)N[C@@H](CO)C(=O)N[C@@H](Cc1ccc(O)cc1)C(=O)N[C@@H](CCCCN)C(=O)O. The van der Waals surface area contributed by atoms with Crippen molar-refractivity contribution in [2.45, 2.75) is 151 Å². The third-order valence-corrected chi connectivity index (χ3v) is 15.3. The number of aliphatic hydroxyl groups excluding tert-OH is 2. The number of amides is 10. The highest BCUT2D eigenvalue weighted by atomic mass is 16.4. The van der Waals surface area contributed by atoms with Gasteiger partial charge in [0.15, 0.2) is 0 Å². The number of para-hydroxylation sites is 1. The number of carboxylic acids is 1. The molecule has 1 heterocycles. The molecule has 10 amide bonds. The molecule has 0 radical (unpaired) electrons. The van der Waals surface area contributed by atoms with Crippen molar-refractivity contribution >= 4 is 75.9 Å². The molecule has 1 aromatic heterocycles. The second-order valence-electron chi connectivity index (χ2n) is 22.9. The minimum absolute atomic E-state index is 0.00179. The maximum atomic E-state index is 14.8. The van der Waals surface area contributed by atoms with Gasteiger partial charge in [0.2, 0.25) is 59.1 Å². The molecule has 514 valence electrons. The maximum absolute atomic E-state index is 14.8. The van der Waals surface area contributed by atoms with E-state index in [2.05, 4.69) is 52.8 Å². The van der Waals surface area contributed by atoms with Gasteiger partial charge in [-0.25, -0.2) is 4.79 Å². The third kappa shape index (κ3) is 24.3. The summed E-state index contributed by atoms with van der Waals surface area (Å²) in [6.45, 7) is 1.92. The number of phenolic OH excluding ortho intramolecular Hbond substituents is 3. The molecule has 31 heteroatoms. The van der Waals surface area contributed by atoms with Crippen LogP contribution in [-0.4, -0.2) is 187 Å². The number of carbonyl (C=O) groups excluding carboxylic acids is 10. The van der Waals surface area contributed by atoms with E-state index in [9.17, 15) is 83.4 Å². The molecule has 11 atom stereocenters. The number of rotatable bonds is 39. The molecule has 95 heavy (non-hydrogen) atoms. The Labute approximate surface area is 546 Å². The van der Waals surface area contributed by atoms with Crippen molar-refractivity contribution < 1.29 is 83.4 Å². The fourth-order valence-corrected chi connectivity index (χ4v) is 9.92. The van der Waals surface area contributed by atoms with Gasteiger partial charge in [-0.15, -0.1) is 0 Å². The number of carboxylic acid groups (broad SMARTS) is 1. The molecule has 24 N–H and O–H groups in total. The van der Waals surface area contributed by atoms with E-state index in [1.165, 1.54) is 79.7 Å². The fourth-order valence-electron chi connectivity index (χ4n) is 9.92. The number of aromatic hydroxyl groups is 3. The summed E-state index contributed by atoms with van der Waals surface area (Å²) in [4.78, 5) is 154. The number of fused-ring (bicyclic) bond motifs is 1. The van der Waals surface area contributed by atoms with Crippen molar-refractivity contribution in [1.29, 1.82) is 0 Å². The zero-order chi connectivity index (χ0) is 69.9. The van der Waals surface area contributed by atoms with Crippen LogP contribution < -0.4 is 70.8 Å². The lowest BCUT2D eigenvalue weighted by Crippen LogP contribution is -2.62. The predicted octanol–water partition coefficient (Wildman–Crippen LogP) is -3.14. The Morgan fingerprint density at radius 1 is 0.463 bits per heavy atom. The highest BCUT2D eigenvalue weighted by Crippen LogP contribution is 2.21. The Balaban J connectivity index is 1.41. The number of nitrogens with one attached hydrogen (secondary N) is 10. The number of aromatic amines is 1. The first-order chi connectivity index (χ1) is 45.2. The number of aliphatic hydroxyl groups is 2. The van der Waals surface area contributed by atoms with Crippen molar-refractivity contribution in [1.82, 2.24) is 52.8 Å². The zero-order valence-electron chi connectivity index (χ0n) is 52.5. The Kier molecular flexibility index (Phi) is 29.8. The van der Waals surface area contributed by atoms with Crippen molar-refractivity contribution in [3.05, 3.63) is 126 Å². The standard InChI is InChI=1S/C64H86N14O17/c1-34(55(85)72-47(27-36-13-19-40(81)20-14-36)60(90)77-52(33-79)62(92)74-48(28-37-15-21-41(82)22-16-37)58(88)71-46(64(94)95)12-6-8-26-66)70-57(87)50(30-39-32-69-45-11-4-3-9-43(39)45)75-59(89)49(29-38-17-23-42(83)24-18-38)76-63(93)54(35(2)80)78-61(91)51(31-53(68)84)73-56(86)44(67)10-5-7-25-65/h3-4,9,11,13-24,32,34-35,44,46-52,54,69,79-83H,5-8,10,12,25-31,33,65-67H2,1-2H3,(H2,68,84)(H,70,87)(H,71,88)(H,72,85)(H,73,86)(H,74,92)(H,75,89)(H,76,93)(H,77,90)(H,78,91)(H,94,95)/t34-,35+,44-,46-,47-,48-,49-,50-,51-,52-,54-/m0/s1. The Morgan fingerprint density at radius 3 is 1.33 bits per heavy atom. The highest BCUT2D eigenvalue weighted by molar-refractivity contribution is 6.00. The van der Waals surface area contributed by atoms with Crippen molar-refractivity contribution in [2.75, 3.05) is 19.7 Å². The van der Waals surface area contributed by atoms with Crippen LogP contribution in [0.2, 0.25) is 0 Å². The molecule has 0 aliphatic heterocycles. The number of hydrogen-bond donors (Lipinski definition) is 20. The van der Waals surface area contributed by atoms with Gasteiger partial charge in [0.1, 0.15) is 71.6 Å². The number of hydrogen-bond acceptors (Lipinski definition) is 19. The molecule has 0 fully saturated rings. The number of carbonyl (C=O) groups is 11. The molecule has 0 aliphatic carbocycles. The molecule has 31 nitrogen and oxygen atoms in total. The van der Waals surface area contributed by atoms with Gasteiger partial charge < -0.3 is 106 Å². The lowest BCUT2D eigenvalue weighted by Gasteiger charge is -2.28. The van der Waals surface area contributed by atoms with E-state index in [1.807, 2.05) is 0 Å². The van der Waals surface area contributed by atoms with Crippen molar-refractivity contribution in [2.24, 2.45) is 22.9 Å². The van der Waals surface area contributed by atoms with E-state index in [0.29, 0.717) is 65.4 Å². The summed E-state index contributed by atoms with van der Waals surface area (Å²) in [7, 11) is 0. The highest BCUT2D eigenvalue weighted by Gasteiger charge is 2.37. The van der Waals surface area contributed by atoms with Crippen LogP contribution in [0, 0.1) is 0 Å². The van der Waals surface area contributed by atoms with Crippen LogP contribution >= 0.6 is 0 Å². The van der Waals surface area contributed by atoms with Crippen LogP contribution in [0.3, 0.4) is 0 Å². The van der Waals surface area contributed by atoms with Crippen molar-refractivity contribution in [3.8, 4) is 17.2 Å². The fraction of sp³-hybridized carbons (Fsp3) is 0.422. The van der Waals surface area contributed by atoms with E-state index < -0.39 is 145 Å². The summed E-state index contributed by atoms with van der Waals surface area (Å²) >= 11 is 0. The lowest BCUT2D eigenvalue weighted by molar-refractivity contribution is -0.142. The molecule has 0 unspecified atom stereocenters. The smallest absolute Gasteiger partial charge is 0.326 e. The van der Waals surface area contributed by atoms with Gasteiger partial charge in [0.05, 0.1) is 25.2 Å². The largest absolute Gasteiger partial charge is 0.508 e. The number of phenols is 3. The minimum Gasteiger partial charge on any atom is -0.508 e. The second kappa shape index (κ2) is 37.5. The van der Waals surface area contributed by atoms with Gasteiger partial charge in [0.25, 0.3) is 0 Å². The van der Waals surface area contributed by atoms with Gasteiger partial charge in [-0.3, -0.25) is 47.9 Å². The molecule has 5 aromatic rings. The van der Waals surface area contributed by atoms with E-state index >= 15 is 0 Å². The molecule has 4 aromatic carbocycles. The van der Waals surface area contributed by atoms with E-state index in [-0.39, 0.29) is 62.3 Å². The third-order valence-electron chi connectivity index (χ3n) is 15.3. The number of aliphatic carboxylic acids is 1. The molecule has 0 aliphatic rings. The van der Waals surface area contributed by atoms with Crippen molar-refractivity contribution in [3.63, 3.8) is 0 Å². The van der Waals surface area contributed by atoms with E-state index in [4.69, 9.17) is 22.9 Å². The summed E-state index contributed by atoms with van der Waals surface area (Å²) in [6, 6.07) is 7.68. The first kappa shape index (κ1) is 75.5. The molecule has 5 rings (SSSR count). The van der Waals surface area contributed by atoms with Gasteiger partial charge in [-0.1, -0.05) is 61.0 Å². The monoisotopic (exact) mass is 1320 g/mol. The number of unbranched alkanes of at least 4 members (excludes halogenated alkanes) is 2. The lowest BCUT2D eigenvalue weighted by atomic mass is 10.0. The number of H-pyrrole nitrogens is 1. The van der Waals surface area contributed by atoms with Crippen LogP contribution in [0.4, 0.5) is 0 Å². The van der Waals surface area contributed by atoms with Gasteiger partial charge in [-0.05, 0) is 124 Å². The van der Waals surface area contributed by atoms with E-state index in [1.54, 1.807) is 30.5 Å². The van der Waals surface area contributed by atoms with Gasteiger partial charge >= 0.3 is 5.97 Å². The summed E-state index contributed by atoms with van der Waals surface area (Å²) in [5.74, 6) is -12.0. The number of aromatic nitrogens is 1. The van der Waals surface area contributed by atoms with Crippen LogP contribution in [0.15, 0.2) is 103 Å². The Morgan fingerprint density at radius 2 is 0.863 bits per heavy atom. The Bertz CT molecular complexity index is 3420. The van der Waals surface area contributed by atoms with E-state index in [0.717, 1.165) is 6.92 Å². The van der Waals surface area contributed by atoms with Gasteiger partial charge in [-0.2, -0.15) is 0 Å². The summed E-state index contributed by atoms with van der Waals surface area (Å²) in [5, 5.41) is 84.3. The maximum Gasteiger partial charge on any atom is 0.326 e. The average Bonchev–Trinajstić information content (AvgIpc) is 1.78. The Hall–Kier alpha value is -10.2. The average molecular weight is 1320 g/mol. The normalized spacial score (nSPS) is 14.6. The first-order valence-electron chi connectivity index (χ1n) is 30.8. The van der Waals surface area contributed by atoms with Gasteiger partial charge in [0, 0.05) is 42.8 Å². The molecule has 0 saturated heterocycles. The van der Waals surface area contributed by atoms with Crippen LogP contribution in [-0.2, 0) is 78.4 Å². The summed E-state index contributed by atoms with van der Waals surface area (Å²) < 4.78 is 0. The minimum atomic E-state index is -1.87.